The highest BCUT2D eigenvalue weighted by Crippen LogP contribution is 2.26. The summed E-state index contributed by atoms with van der Waals surface area (Å²) >= 11 is 6.79. The molecule has 0 radical (unpaired) electrons. The van der Waals surface area contributed by atoms with Crippen LogP contribution in [0.25, 0.3) is 0 Å². The highest BCUT2D eigenvalue weighted by molar-refractivity contribution is 7.73. The molecule has 140 valence electrons. The van der Waals surface area contributed by atoms with Gasteiger partial charge in [0.25, 0.3) is 0 Å². The van der Waals surface area contributed by atoms with Gasteiger partial charge in [0.1, 0.15) is 6.04 Å². The number of anilines is 2. The van der Waals surface area contributed by atoms with Crippen molar-refractivity contribution in [3.8, 4) is 0 Å². The van der Waals surface area contributed by atoms with Crippen molar-refractivity contribution in [2.75, 3.05) is 19.0 Å². The number of ether oxygens (including phenoxy) is 1. The smallest absolute Gasteiger partial charge is 0.323 e. The largest absolute Gasteiger partial charge is 0.468 e. The van der Waals surface area contributed by atoms with Gasteiger partial charge in [-0.05, 0) is 43.3 Å². The van der Waals surface area contributed by atoms with Gasteiger partial charge in [-0.15, -0.1) is 5.10 Å². The maximum atomic E-state index is 11.9. The Hall–Kier alpha value is -1.81. The van der Waals surface area contributed by atoms with E-state index in [0.717, 1.165) is 11.3 Å². The molecular weight excluding hydrogens is 372 g/mol. The molecule has 1 fully saturated rings. The van der Waals surface area contributed by atoms with E-state index >= 15 is 0 Å². The highest BCUT2D eigenvalue weighted by Gasteiger charge is 2.37. The van der Waals surface area contributed by atoms with Crippen molar-refractivity contribution >= 4 is 40.3 Å². The average Bonchev–Trinajstić information content (AvgIpc) is 3.14. The number of nitrogens with one attached hydrogen (secondary N) is 1. The minimum absolute atomic E-state index is 0.334. The number of methoxy groups -OCH3 is 1. The summed E-state index contributed by atoms with van der Waals surface area (Å²) in [6.07, 6.45) is -0.197. The SMILES string of the molecule is COC(=O)[C@@H]1C[C@H](O)CN1Cn1nc(Nc2cccc(C)c2C)sc1=S. The van der Waals surface area contributed by atoms with Gasteiger partial charge in [-0.1, -0.05) is 23.5 Å². The van der Waals surface area contributed by atoms with Crippen LogP contribution in [0.4, 0.5) is 10.8 Å². The maximum Gasteiger partial charge on any atom is 0.323 e. The van der Waals surface area contributed by atoms with E-state index in [1.165, 1.54) is 24.0 Å². The molecule has 0 amide bonds. The standard InChI is InChI=1S/C17H22N4O3S2/c1-10-5-4-6-13(11(10)2)18-16-19-21(17(25)26-16)9-20-8-12(22)7-14(20)15(23)24-3/h4-6,12,14,22H,7-9H2,1-3H3,(H,18,19)/t12-,14-/m0/s1. The first-order chi connectivity index (χ1) is 12.4. The fraction of sp³-hybridized carbons (Fsp3) is 0.471. The quantitative estimate of drug-likeness (QED) is 0.596. The number of hydrogen-bond donors (Lipinski definition) is 2. The van der Waals surface area contributed by atoms with Gasteiger partial charge in [-0.25, -0.2) is 4.68 Å². The first-order valence-corrected chi connectivity index (χ1v) is 9.52. The number of aliphatic hydroxyl groups is 1. The third kappa shape index (κ3) is 3.96. The lowest BCUT2D eigenvalue weighted by atomic mass is 10.1. The second-order valence-corrected chi connectivity index (χ2v) is 8.01. The van der Waals surface area contributed by atoms with Crippen LogP contribution in [0.1, 0.15) is 17.5 Å². The second-order valence-electron chi connectivity index (χ2n) is 6.39. The van der Waals surface area contributed by atoms with Crippen LogP contribution < -0.4 is 5.32 Å². The molecule has 0 saturated carbocycles. The molecule has 1 aromatic heterocycles. The zero-order valence-corrected chi connectivity index (χ0v) is 16.6. The van der Waals surface area contributed by atoms with Gasteiger partial charge in [0.15, 0.2) is 3.95 Å². The highest BCUT2D eigenvalue weighted by atomic mass is 32.1. The molecule has 1 aliphatic rings. The Labute approximate surface area is 161 Å². The number of hydrogen-bond acceptors (Lipinski definition) is 8. The van der Waals surface area contributed by atoms with E-state index in [1.54, 1.807) is 4.68 Å². The molecule has 1 saturated heterocycles. The number of aryl methyl sites for hydroxylation is 1. The number of β-amino-alcohol motifs (C(OH)–C–C–N with tert-alkyl or cyclic N) is 1. The number of likely N-dealkylation sites (tertiary alicyclic amines) is 1. The minimum Gasteiger partial charge on any atom is -0.468 e. The zero-order valence-electron chi connectivity index (χ0n) is 14.9. The molecule has 0 aliphatic carbocycles. The summed E-state index contributed by atoms with van der Waals surface area (Å²) in [5.74, 6) is -0.350. The van der Waals surface area contributed by atoms with Crippen molar-refractivity contribution in [3.63, 3.8) is 0 Å². The van der Waals surface area contributed by atoms with Crippen molar-refractivity contribution in [1.82, 2.24) is 14.7 Å². The summed E-state index contributed by atoms with van der Waals surface area (Å²) in [6, 6.07) is 5.58. The second kappa shape index (κ2) is 7.83. The molecule has 9 heteroatoms. The first kappa shape index (κ1) is 19.0. The number of nitrogens with zero attached hydrogens (tertiary/aromatic N) is 3. The van der Waals surface area contributed by atoms with Crippen LogP contribution >= 0.6 is 23.6 Å². The molecule has 7 nitrogen and oxygen atoms in total. The van der Waals surface area contributed by atoms with Gasteiger partial charge in [0, 0.05) is 18.7 Å². The van der Waals surface area contributed by atoms with Crippen LogP contribution in [-0.4, -0.2) is 51.6 Å². The lowest BCUT2D eigenvalue weighted by Crippen LogP contribution is -2.38. The predicted octanol–water partition coefficient (Wildman–Crippen LogP) is 2.60. The number of esters is 1. The number of aliphatic hydroxyl groups excluding tert-OH is 1. The van der Waals surface area contributed by atoms with Crippen LogP contribution in [-0.2, 0) is 16.2 Å². The Kier molecular flexibility index (Phi) is 5.71. The Morgan fingerprint density at radius 3 is 3.00 bits per heavy atom. The molecular formula is C17H22N4O3S2. The topological polar surface area (TPSA) is 79.6 Å². The number of benzene rings is 1. The molecule has 0 bridgehead atoms. The van der Waals surface area contributed by atoms with E-state index in [-0.39, 0.29) is 5.97 Å². The Morgan fingerprint density at radius 1 is 1.50 bits per heavy atom. The monoisotopic (exact) mass is 394 g/mol. The van der Waals surface area contributed by atoms with Crippen molar-refractivity contribution in [2.45, 2.75) is 39.1 Å². The van der Waals surface area contributed by atoms with Gasteiger partial charge in [0.05, 0.1) is 19.9 Å². The fourth-order valence-electron chi connectivity index (χ4n) is 3.04. The molecule has 2 atom stereocenters. The molecule has 26 heavy (non-hydrogen) atoms. The van der Waals surface area contributed by atoms with E-state index in [4.69, 9.17) is 17.0 Å². The summed E-state index contributed by atoms with van der Waals surface area (Å²) in [5, 5.41) is 18.4. The number of carbonyl (C=O) groups is 1. The molecule has 0 unspecified atom stereocenters. The molecule has 1 aliphatic heterocycles. The van der Waals surface area contributed by atoms with E-state index in [9.17, 15) is 9.90 Å². The van der Waals surface area contributed by atoms with Crippen molar-refractivity contribution in [3.05, 3.63) is 33.3 Å². The summed E-state index contributed by atoms with van der Waals surface area (Å²) in [6.45, 7) is 4.84. The van der Waals surface area contributed by atoms with Crippen LogP contribution in [0.3, 0.4) is 0 Å². The van der Waals surface area contributed by atoms with Crippen LogP contribution in [0.15, 0.2) is 18.2 Å². The van der Waals surface area contributed by atoms with Crippen LogP contribution in [0, 0.1) is 17.8 Å². The fourth-order valence-corrected chi connectivity index (χ4v) is 4.04. The predicted molar refractivity (Wildman–Crippen MR) is 103 cm³/mol. The van der Waals surface area contributed by atoms with E-state index < -0.39 is 12.1 Å². The Balaban J connectivity index is 1.77. The first-order valence-electron chi connectivity index (χ1n) is 8.30. The summed E-state index contributed by atoms with van der Waals surface area (Å²) in [4.78, 5) is 13.8. The van der Waals surface area contributed by atoms with Crippen molar-refractivity contribution < 1.29 is 14.6 Å². The summed E-state index contributed by atoms with van der Waals surface area (Å²) < 4.78 is 7.10. The minimum atomic E-state index is -0.556. The van der Waals surface area contributed by atoms with Gasteiger partial charge in [-0.3, -0.25) is 9.69 Å². The summed E-state index contributed by atoms with van der Waals surface area (Å²) in [5.41, 5.74) is 3.35. The average molecular weight is 395 g/mol. The van der Waals surface area contributed by atoms with Gasteiger partial charge in [-0.2, -0.15) is 0 Å². The number of carbonyl (C=O) groups excluding carboxylic acids is 1. The van der Waals surface area contributed by atoms with E-state index in [1.807, 2.05) is 17.0 Å². The van der Waals surface area contributed by atoms with Gasteiger partial charge in [0.2, 0.25) is 5.13 Å². The van der Waals surface area contributed by atoms with Gasteiger partial charge >= 0.3 is 5.97 Å². The molecule has 3 rings (SSSR count). The third-order valence-corrected chi connectivity index (χ3v) is 5.85. The van der Waals surface area contributed by atoms with Crippen LogP contribution in [0.2, 0.25) is 0 Å². The molecule has 2 N–H and O–H groups in total. The third-order valence-electron chi connectivity index (χ3n) is 4.62. The molecule has 2 aromatic rings. The zero-order chi connectivity index (χ0) is 18.8. The molecule has 2 heterocycles. The van der Waals surface area contributed by atoms with Gasteiger partial charge < -0.3 is 15.2 Å². The normalized spacial score (nSPS) is 20.3. The van der Waals surface area contributed by atoms with Crippen molar-refractivity contribution in [1.29, 1.82) is 0 Å². The lowest BCUT2D eigenvalue weighted by molar-refractivity contribution is -0.146. The molecule has 1 aromatic carbocycles. The van der Waals surface area contributed by atoms with E-state index in [0.29, 0.717) is 28.7 Å². The maximum absolute atomic E-state index is 11.9. The lowest BCUT2D eigenvalue weighted by Gasteiger charge is -2.21. The number of aromatic nitrogens is 2. The Bertz CT molecular complexity index is 864. The number of rotatable bonds is 5. The van der Waals surface area contributed by atoms with Crippen LogP contribution in [0.5, 0.6) is 0 Å². The molecule has 0 spiro atoms. The van der Waals surface area contributed by atoms with Crippen molar-refractivity contribution in [2.24, 2.45) is 0 Å². The van der Waals surface area contributed by atoms with E-state index in [2.05, 4.69) is 30.3 Å². The Morgan fingerprint density at radius 2 is 2.27 bits per heavy atom. The summed E-state index contributed by atoms with van der Waals surface area (Å²) in [7, 11) is 1.35.